The Morgan fingerprint density at radius 3 is 2.00 bits per heavy atom. The summed E-state index contributed by atoms with van der Waals surface area (Å²) in [6.07, 6.45) is 0. The molecule has 0 fully saturated rings. The molecule has 116 valence electrons. The van der Waals surface area contributed by atoms with E-state index < -0.39 is 0 Å². The largest absolute Gasteiger partial charge is 0.355 e. The molecular formula is C14H33IN4. The van der Waals surface area contributed by atoms with Gasteiger partial charge in [-0.1, -0.05) is 27.7 Å². The van der Waals surface area contributed by atoms with E-state index in [9.17, 15) is 0 Å². The molecular weight excluding hydrogens is 351 g/mol. The zero-order valence-corrected chi connectivity index (χ0v) is 16.0. The van der Waals surface area contributed by atoms with Crippen LogP contribution in [0.4, 0.5) is 0 Å². The van der Waals surface area contributed by atoms with Gasteiger partial charge < -0.3 is 10.6 Å². The fraction of sp³-hybridized carbons (Fsp3) is 0.929. The Balaban J connectivity index is 0. The van der Waals surface area contributed by atoms with Gasteiger partial charge in [0.1, 0.15) is 0 Å². The molecule has 2 unspecified atom stereocenters. The first-order chi connectivity index (χ1) is 8.46. The lowest BCUT2D eigenvalue weighted by atomic mass is 10.1. The lowest BCUT2D eigenvalue weighted by molar-refractivity contribution is 0.231. The molecule has 0 heterocycles. The molecule has 0 aromatic heterocycles. The minimum Gasteiger partial charge on any atom is -0.355 e. The summed E-state index contributed by atoms with van der Waals surface area (Å²) in [7, 11) is 1.82. The van der Waals surface area contributed by atoms with E-state index in [1.165, 1.54) is 0 Å². The van der Waals surface area contributed by atoms with E-state index in [0.29, 0.717) is 18.0 Å². The number of hydrogen-bond acceptors (Lipinski definition) is 2. The average Bonchev–Trinajstić information content (AvgIpc) is 2.35. The Morgan fingerprint density at radius 1 is 1.11 bits per heavy atom. The zero-order valence-electron chi connectivity index (χ0n) is 13.7. The Morgan fingerprint density at radius 2 is 1.63 bits per heavy atom. The van der Waals surface area contributed by atoms with Gasteiger partial charge in [0, 0.05) is 25.7 Å². The van der Waals surface area contributed by atoms with Crippen LogP contribution in [0.3, 0.4) is 0 Å². The number of hydrogen-bond donors (Lipinski definition) is 2. The highest BCUT2D eigenvalue weighted by Gasteiger charge is 2.12. The third-order valence-electron chi connectivity index (χ3n) is 3.59. The first kappa shape index (κ1) is 21.3. The van der Waals surface area contributed by atoms with E-state index in [1.54, 1.807) is 0 Å². The van der Waals surface area contributed by atoms with Crippen molar-refractivity contribution in [2.75, 3.05) is 26.7 Å². The van der Waals surface area contributed by atoms with Crippen LogP contribution in [0, 0.1) is 5.92 Å². The number of nitrogens with one attached hydrogen (secondary N) is 2. The predicted octanol–water partition coefficient (Wildman–Crippen LogP) is 2.54. The van der Waals surface area contributed by atoms with Crippen LogP contribution in [-0.2, 0) is 0 Å². The number of aliphatic imine (C=N–C) groups is 1. The summed E-state index contributed by atoms with van der Waals surface area (Å²) in [6, 6.07) is 0.952. The smallest absolute Gasteiger partial charge is 0.191 e. The Labute approximate surface area is 136 Å². The normalized spacial score (nSPS) is 15.1. The highest BCUT2D eigenvalue weighted by atomic mass is 127. The minimum atomic E-state index is 0. The number of likely N-dealkylation sites (N-methyl/N-ethyl adjacent to an activating group) is 1. The Kier molecular flexibility index (Phi) is 13.2. The highest BCUT2D eigenvalue weighted by Crippen LogP contribution is 2.00. The predicted molar refractivity (Wildman–Crippen MR) is 96.6 cm³/mol. The number of halogens is 1. The molecule has 2 atom stereocenters. The van der Waals surface area contributed by atoms with Crippen molar-refractivity contribution >= 4 is 29.9 Å². The van der Waals surface area contributed by atoms with Crippen LogP contribution in [0.25, 0.3) is 0 Å². The second kappa shape index (κ2) is 11.8. The summed E-state index contributed by atoms with van der Waals surface area (Å²) in [5.74, 6) is 1.50. The first-order valence-corrected chi connectivity index (χ1v) is 7.17. The van der Waals surface area contributed by atoms with Gasteiger partial charge in [-0.3, -0.25) is 9.89 Å². The monoisotopic (exact) mass is 384 g/mol. The van der Waals surface area contributed by atoms with Crippen LogP contribution >= 0.6 is 24.0 Å². The molecule has 4 nitrogen and oxygen atoms in total. The summed E-state index contributed by atoms with van der Waals surface area (Å²) in [6.45, 7) is 16.4. The Bertz CT molecular complexity index is 240. The van der Waals surface area contributed by atoms with Gasteiger partial charge >= 0.3 is 0 Å². The summed E-state index contributed by atoms with van der Waals surface area (Å²) < 4.78 is 0. The second-order valence-electron chi connectivity index (χ2n) is 5.20. The third-order valence-corrected chi connectivity index (χ3v) is 3.59. The maximum Gasteiger partial charge on any atom is 0.191 e. The Hall–Kier alpha value is -0.0400. The summed E-state index contributed by atoms with van der Waals surface area (Å²) >= 11 is 0. The second-order valence-corrected chi connectivity index (χ2v) is 5.20. The molecule has 5 heteroatoms. The van der Waals surface area contributed by atoms with Crippen molar-refractivity contribution in [1.29, 1.82) is 0 Å². The van der Waals surface area contributed by atoms with Crippen LogP contribution in [0.1, 0.15) is 41.5 Å². The maximum absolute atomic E-state index is 4.27. The number of guanidine groups is 1. The quantitative estimate of drug-likeness (QED) is 0.403. The van der Waals surface area contributed by atoms with E-state index in [1.807, 2.05) is 7.05 Å². The molecule has 0 saturated heterocycles. The van der Waals surface area contributed by atoms with Gasteiger partial charge in [0.2, 0.25) is 0 Å². The summed E-state index contributed by atoms with van der Waals surface area (Å²) in [4.78, 5) is 6.71. The van der Waals surface area contributed by atoms with Gasteiger partial charge in [-0.15, -0.1) is 24.0 Å². The SMILES string of the molecule is CCN(CC)C(C)CNC(=NC)NC(C)C(C)C.I. The molecule has 2 N–H and O–H groups in total. The molecule has 19 heavy (non-hydrogen) atoms. The van der Waals surface area contributed by atoms with Gasteiger partial charge in [0.05, 0.1) is 0 Å². The molecule has 0 radical (unpaired) electrons. The van der Waals surface area contributed by atoms with Crippen LogP contribution in [-0.4, -0.2) is 49.6 Å². The lowest BCUT2D eigenvalue weighted by Crippen LogP contribution is -2.48. The molecule has 0 saturated carbocycles. The van der Waals surface area contributed by atoms with Crippen molar-refractivity contribution in [3.05, 3.63) is 0 Å². The van der Waals surface area contributed by atoms with E-state index in [4.69, 9.17) is 0 Å². The molecule has 0 bridgehead atoms. The number of rotatable bonds is 7. The van der Waals surface area contributed by atoms with Crippen molar-refractivity contribution in [3.63, 3.8) is 0 Å². The molecule has 0 aliphatic rings. The molecule has 0 rings (SSSR count). The van der Waals surface area contributed by atoms with Gasteiger partial charge in [0.15, 0.2) is 5.96 Å². The van der Waals surface area contributed by atoms with Crippen molar-refractivity contribution in [1.82, 2.24) is 15.5 Å². The highest BCUT2D eigenvalue weighted by molar-refractivity contribution is 14.0. The third kappa shape index (κ3) is 8.68. The lowest BCUT2D eigenvalue weighted by Gasteiger charge is -2.28. The van der Waals surface area contributed by atoms with Crippen molar-refractivity contribution in [3.8, 4) is 0 Å². The zero-order chi connectivity index (χ0) is 14.1. The van der Waals surface area contributed by atoms with Crippen LogP contribution in [0.15, 0.2) is 4.99 Å². The fourth-order valence-electron chi connectivity index (χ4n) is 1.80. The van der Waals surface area contributed by atoms with Crippen LogP contribution < -0.4 is 10.6 Å². The molecule has 0 aliphatic carbocycles. The van der Waals surface area contributed by atoms with E-state index >= 15 is 0 Å². The fourth-order valence-corrected chi connectivity index (χ4v) is 1.80. The van der Waals surface area contributed by atoms with Crippen LogP contribution in [0.5, 0.6) is 0 Å². The standard InChI is InChI=1S/C14H32N4.HI/c1-8-18(9-2)12(5)10-16-14(15-7)17-13(6)11(3)4;/h11-13H,8-10H2,1-7H3,(H2,15,16,17);1H. The molecule has 0 spiro atoms. The van der Waals surface area contributed by atoms with Crippen LogP contribution in [0.2, 0.25) is 0 Å². The van der Waals surface area contributed by atoms with Crippen molar-refractivity contribution in [2.24, 2.45) is 10.9 Å². The van der Waals surface area contributed by atoms with Crippen molar-refractivity contribution in [2.45, 2.75) is 53.6 Å². The molecule has 0 aromatic carbocycles. The maximum atomic E-state index is 4.27. The van der Waals surface area contributed by atoms with Gasteiger partial charge in [0.25, 0.3) is 0 Å². The minimum absolute atomic E-state index is 0. The number of nitrogens with zero attached hydrogens (tertiary/aromatic N) is 2. The van der Waals surface area contributed by atoms with E-state index in [0.717, 1.165) is 25.6 Å². The first-order valence-electron chi connectivity index (χ1n) is 7.17. The molecule has 0 aliphatic heterocycles. The molecule has 0 amide bonds. The van der Waals surface area contributed by atoms with E-state index in [-0.39, 0.29) is 24.0 Å². The summed E-state index contributed by atoms with van der Waals surface area (Å²) in [5.41, 5.74) is 0. The average molecular weight is 384 g/mol. The topological polar surface area (TPSA) is 39.7 Å². The van der Waals surface area contributed by atoms with Crippen molar-refractivity contribution < 1.29 is 0 Å². The van der Waals surface area contributed by atoms with Gasteiger partial charge in [-0.2, -0.15) is 0 Å². The summed E-state index contributed by atoms with van der Waals surface area (Å²) in [5, 5.41) is 6.82. The van der Waals surface area contributed by atoms with Gasteiger partial charge in [-0.25, -0.2) is 0 Å². The van der Waals surface area contributed by atoms with E-state index in [2.05, 4.69) is 62.1 Å². The molecule has 0 aromatic rings. The van der Waals surface area contributed by atoms with Gasteiger partial charge in [-0.05, 0) is 32.9 Å².